The summed E-state index contributed by atoms with van der Waals surface area (Å²) in [4.78, 5) is 34.6. The molecule has 2 aromatic carbocycles. The molecule has 0 N–H and O–H groups in total. The van der Waals surface area contributed by atoms with Gasteiger partial charge in [-0.05, 0) is 76.6 Å². The van der Waals surface area contributed by atoms with Gasteiger partial charge in [0, 0.05) is 33.2 Å². The summed E-state index contributed by atoms with van der Waals surface area (Å²) >= 11 is 1.84. The smallest absolute Gasteiger partial charge is 0.265 e. The highest BCUT2D eigenvalue weighted by Crippen LogP contribution is 2.54. The molecule has 0 bridgehead atoms. The molecule has 0 saturated carbocycles. The first-order valence-electron chi connectivity index (χ1n) is 23.2. The van der Waals surface area contributed by atoms with E-state index in [1.165, 1.54) is 117 Å². The van der Waals surface area contributed by atoms with E-state index >= 15 is 0 Å². The third kappa shape index (κ3) is 10.2. The third-order valence-corrected chi connectivity index (χ3v) is 13.5. The van der Waals surface area contributed by atoms with Crippen LogP contribution in [0, 0.1) is 0 Å². The van der Waals surface area contributed by atoms with E-state index in [9.17, 15) is 9.59 Å². The minimum absolute atomic E-state index is 0.0203. The van der Waals surface area contributed by atoms with E-state index in [1.807, 2.05) is 27.6 Å². The lowest BCUT2D eigenvalue weighted by atomic mass is 9.82. The summed E-state index contributed by atoms with van der Waals surface area (Å²) in [6.45, 7) is 22.1. The number of benzene rings is 2. The topological polar surface area (TPSA) is 40.6 Å². The average molecular weight is 813 g/mol. The number of carbonyl (C=O) groups excluding carboxylic acids is 2. The first kappa shape index (κ1) is 44.7. The van der Waals surface area contributed by atoms with Crippen LogP contribution >= 0.6 is 11.8 Å². The van der Waals surface area contributed by atoms with Gasteiger partial charge in [0.25, 0.3) is 11.8 Å². The molecule has 4 aliphatic heterocycles. The minimum atomic E-state index is -0.0923. The van der Waals surface area contributed by atoms with Crippen molar-refractivity contribution in [3.8, 4) is 0 Å². The highest BCUT2D eigenvalue weighted by atomic mass is 32.2. The van der Waals surface area contributed by atoms with E-state index in [1.54, 1.807) is 0 Å². The molecular formula is C54H72N2O2S. The van der Waals surface area contributed by atoms with Gasteiger partial charge in [-0.1, -0.05) is 188 Å². The van der Waals surface area contributed by atoms with Gasteiger partial charge in [-0.15, -0.1) is 11.8 Å². The van der Waals surface area contributed by atoms with Crippen molar-refractivity contribution < 1.29 is 9.59 Å². The summed E-state index contributed by atoms with van der Waals surface area (Å²) in [5.41, 5.74) is 11.6. The summed E-state index contributed by atoms with van der Waals surface area (Å²) < 4.78 is 0.0203. The zero-order valence-electron chi connectivity index (χ0n) is 37.8. The Morgan fingerprint density at radius 2 is 1.03 bits per heavy atom. The second kappa shape index (κ2) is 19.7. The van der Waals surface area contributed by atoms with Crippen molar-refractivity contribution in [1.29, 1.82) is 0 Å². The van der Waals surface area contributed by atoms with Crippen LogP contribution in [0.4, 0.5) is 0 Å². The largest absolute Gasteiger partial charge is 0.282 e. The van der Waals surface area contributed by atoms with Gasteiger partial charge in [0.15, 0.2) is 0 Å². The predicted molar refractivity (Wildman–Crippen MR) is 255 cm³/mol. The monoisotopic (exact) mass is 813 g/mol. The van der Waals surface area contributed by atoms with Crippen LogP contribution in [0.3, 0.4) is 0 Å². The zero-order valence-corrected chi connectivity index (χ0v) is 38.6. The molecule has 6 rings (SSSR count). The number of hydrogen-bond donors (Lipinski definition) is 0. The molecule has 0 fully saturated rings. The quantitative estimate of drug-likeness (QED) is 0.0931. The molecule has 0 radical (unpaired) electrons. The van der Waals surface area contributed by atoms with Crippen LogP contribution in [-0.2, 0) is 15.0 Å². The van der Waals surface area contributed by atoms with Gasteiger partial charge in [0.05, 0.1) is 22.5 Å². The highest BCUT2D eigenvalue weighted by Gasteiger charge is 2.51. The molecule has 2 amide bonds. The zero-order chi connectivity index (χ0) is 42.3. The molecule has 0 saturated heterocycles. The predicted octanol–water partition coefficient (Wildman–Crippen LogP) is 15.6. The maximum Gasteiger partial charge on any atom is 0.265 e. The average Bonchev–Trinajstić information content (AvgIpc) is 3.65. The Kier molecular flexibility index (Phi) is 14.9. The van der Waals surface area contributed by atoms with Gasteiger partial charge >= 0.3 is 0 Å². The van der Waals surface area contributed by atoms with Crippen LogP contribution in [0.1, 0.15) is 204 Å². The fraction of sp³-hybridized carbons (Fsp3) is 0.519. The number of allylic oxidation sites excluding steroid dienone is 4. The van der Waals surface area contributed by atoms with Gasteiger partial charge in [0.2, 0.25) is 0 Å². The second-order valence-corrected chi connectivity index (χ2v) is 21.2. The van der Waals surface area contributed by atoms with Crippen molar-refractivity contribution in [2.45, 2.75) is 181 Å². The first-order valence-corrected chi connectivity index (χ1v) is 24.0. The molecule has 0 atom stereocenters. The SMILES string of the molecule is C=C/C=C(\SC(C)(C)C)c1ccc2c(c1)C(CCCCCCCCCC)=CN1C(=O)C3=C4c5ccc(C(C)(C)C)cc5C(CCCCCCCCCC)=CN4C(=O)C3=C21. The number of fused-ring (bicyclic) bond motifs is 7. The van der Waals surface area contributed by atoms with Crippen LogP contribution in [0.2, 0.25) is 0 Å². The van der Waals surface area contributed by atoms with E-state index in [0.717, 1.165) is 59.3 Å². The van der Waals surface area contributed by atoms with E-state index in [4.69, 9.17) is 0 Å². The number of amides is 2. The first-order chi connectivity index (χ1) is 28.3. The van der Waals surface area contributed by atoms with Gasteiger partial charge in [-0.25, -0.2) is 0 Å². The van der Waals surface area contributed by atoms with Crippen LogP contribution < -0.4 is 0 Å². The summed E-state index contributed by atoms with van der Waals surface area (Å²) in [6.07, 6.45) is 30.0. The van der Waals surface area contributed by atoms with Crippen LogP contribution in [0.15, 0.2) is 78.7 Å². The molecule has 0 aromatic heterocycles. The third-order valence-electron chi connectivity index (χ3n) is 12.3. The summed E-state index contributed by atoms with van der Waals surface area (Å²) in [7, 11) is 0. The Balaban J connectivity index is 1.39. The van der Waals surface area contributed by atoms with E-state index < -0.39 is 0 Å². The molecule has 2 aromatic rings. The number of nitrogens with zero attached hydrogens (tertiary/aromatic N) is 2. The summed E-state index contributed by atoms with van der Waals surface area (Å²) in [5.74, 6) is -0.185. The second-order valence-electron chi connectivity index (χ2n) is 19.3. The minimum Gasteiger partial charge on any atom is -0.282 e. The number of rotatable bonds is 21. The van der Waals surface area contributed by atoms with Crippen LogP contribution in [-0.4, -0.2) is 26.4 Å². The van der Waals surface area contributed by atoms with E-state index in [2.05, 4.69) is 117 Å². The molecule has 4 heterocycles. The van der Waals surface area contributed by atoms with E-state index in [-0.39, 0.29) is 22.0 Å². The molecule has 0 aliphatic carbocycles. The Hall–Kier alpha value is -3.83. The number of unbranched alkanes of at least 4 members (excludes halogenated alkanes) is 14. The number of thioether (sulfide) groups is 1. The molecule has 0 spiro atoms. The fourth-order valence-corrected chi connectivity index (χ4v) is 10.2. The molecule has 316 valence electrons. The van der Waals surface area contributed by atoms with Crippen molar-refractivity contribution in [3.63, 3.8) is 0 Å². The van der Waals surface area contributed by atoms with Gasteiger partial charge < -0.3 is 0 Å². The van der Waals surface area contributed by atoms with Crippen molar-refractivity contribution >= 4 is 51.0 Å². The van der Waals surface area contributed by atoms with Crippen molar-refractivity contribution in [2.75, 3.05) is 0 Å². The summed E-state index contributed by atoms with van der Waals surface area (Å²) in [6, 6.07) is 13.4. The standard InChI is InChI=1S/C54H72N2O2S/c1-10-13-15-17-19-21-23-25-28-39-36-55-49(42-32-30-38(34-44(39)42)46(27-12-3)59-54(7,8)9)47-48(52(55)58)50-43-33-31-41(53(4,5)6)35-45(43)40(37-56(50)51(47)57)29-26-24-22-20-18-16-14-11-2/h12,27,30-37H,3,10-11,13-26,28-29H2,1-2,4-9H3/b46-27-. The molecule has 0 unspecified atom stereocenters. The maximum absolute atomic E-state index is 14.9. The van der Waals surface area contributed by atoms with Crippen molar-refractivity contribution in [3.05, 3.63) is 112 Å². The lowest BCUT2D eigenvalue weighted by Gasteiger charge is -2.31. The molecule has 4 aliphatic rings. The Bertz CT molecular complexity index is 2060. The van der Waals surface area contributed by atoms with Crippen LogP contribution in [0.25, 0.3) is 27.4 Å². The maximum atomic E-state index is 14.9. The van der Waals surface area contributed by atoms with Gasteiger partial charge in [-0.3, -0.25) is 19.4 Å². The van der Waals surface area contributed by atoms with Crippen molar-refractivity contribution in [2.24, 2.45) is 0 Å². The van der Waals surface area contributed by atoms with Gasteiger partial charge in [-0.2, -0.15) is 0 Å². The Morgan fingerprint density at radius 3 is 1.47 bits per heavy atom. The normalized spacial score (nSPS) is 16.3. The molecule has 59 heavy (non-hydrogen) atoms. The molecule has 5 heteroatoms. The molecular weight excluding hydrogens is 741 g/mol. The highest BCUT2D eigenvalue weighted by molar-refractivity contribution is 8.09. The lowest BCUT2D eigenvalue weighted by molar-refractivity contribution is -0.122. The van der Waals surface area contributed by atoms with Gasteiger partial charge in [0.1, 0.15) is 0 Å². The van der Waals surface area contributed by atoms with Crippen molar-refractivity contribution in [1.82, 2.24) is 9.80 Å². The Labute approximate surface area is 362 Å². The fourth-order valence-electron chi connectivity index (χ4n) is 9.14. The van der Waals surface area contributed by atoms with Crippen LogP contribution in [0.5, 0.6) is 0 Å². The molecule has 4 nitrogen and oxygen atoms in total. The number of carbonyl (C=O) groups is 2. The summed E-state index contributed by atoms with van der Waals surface area (Å²) in [5, 5.41) is 0. The van der Waals surface area contributed by atoms with E-state index in [0.29, 0.717) is 11.1 Å². The number of hydrogen-bond acceptors (Lipinski definition) is 3. The lowest BCUT2D eigenvalue weighted by Crippen LogP contribution is -2.28. The Morgan fingerprint density at radius 1 is 0.593 bits per heavy atom.